The van der Waals surface area contributed by atoms with Crippen LogP contribution in [0.3, 0.4) is 0 Å². The molecule has 1 amide bonds. The van der Waals surface area contributed by atoms with Crippen molar-refractivity contribution >= 4 is 29.1 Å². The predicted molar refractivity (Wildman–Crippen MR) is 133 cm³/mol. The van der Waals surface area contributed by atoms with Crippen LogP contribution in [0.2, 0.25) is 0 Å². The minimum atomic E-state index is -2.23. The van der Waals surface area contributed by atoms with Gasteiger partial charge in [0.15, 0.2) is 5.66 Å². The zero-order valence-corrected chi connectivity index (χ0v) is 18.6. The van der Waals surface area contributed by atoms with Gasteiger partial charge in [-0.15, -0.1) is 0 Å². The standard InChI is InChI=1S/C28H26NOP/c1-23(28(30)29-22-24-14-6-2-7-15-24)31(25-16-8-3-9-17-25,26-18-10-4-11-19-26)27-20-12-5-13-21-27/h2-21,23H,22H2,1H3/p+1. The van der Waals surface area contributed by atoms with E-state index in [0.717, 1.165) is 5.56 Å². The molecular weight excluding hydrogens is 397 g/mol. The monoisotopic (exact) mass is 424 g/mol. The van der Waals surface area contributed by atoms with Crippen LogP contribution in [0, 0.1) is 0 Å². The lowest BCUT2D eigenvalue weighted by Crippen LogP contribution is -2.45. The molecule has 4 aromatic rings. The molecule has 4 rings (SSSR count). The Morgan fingerprint density at radius 2 is 1.00 bits per heavy atom. The number of carbonyl (C=O) groups excluding carboxylic acids is 1. The zero-order chi connectivity index (χ0) is 21.5. The molecule has 0 fully saturated rings. The van der Waals surface area contributed by atoms with E-state index < -0.39 is 7.26 Å². The van der Waals surface area contributed by atoms with Crippen LogP contribution in [-0.2, 0) is 11.3 Å². The number of carbonyl (C=O) groups is 1. The fourth-order valence-corrected chi connectivity index (χ4v) is 8.82. The first kappa shape index (κ1) is 21.0. The molecule has 3 heteroatoms. The normalized spacial score (nSPS) is 12.2. The summed E-state index contributed by atoms with van der Waals surface area (Å²) in [4.78, 5) is 13.6. The van der Waals surface area contributed by atoms with Gasteiger partial charge < -0.3 is 5.32 Å². The lowest BCUT2D eigenvalue weighted by atomic mass is 10.2. The molecule has 154 valence electrons. The largest absolute Gasteiger partial charge is 0.349 e. The highest BCUT2D eigenvalue weighted by atomic mass is 31.2. The second kappa shape index (κ2) is 9.73. The van der Waals surface area contributed by atoms with Gasteiger partial charge in [-0.3, -0.25) is 4.79 Å². The molecule has 31 heavy (non-hydrogen) atoms. The number of rotatable bonds is 7. The van der Waals surface area contributed by atoms with E-state index in [1.165, 1.54) is 15.9 Å². The molecule has 0 bridgehead atoms. The van der Waals surface area contributed by atoms with E-state index in [2.05, 4.69) is 85.0 Å². The van der Waals surface area contributed by atoms with E-state index in [0.29, 0.717) is 6.54 Å². The number of hydrogen-bond acceptors (Lipinski definition) is 1. The van der Waals surface area contributed by atoms with Gasteiger partial charge >= 0.3 is 0 Å². The van der Waals surface area contributed by atoms with Gasteiger partial charge in [-0.05, 0) is 48.9 Å². The van der Waals surface area contributed by atoms with E-state index in [1.807, 2.05) is 48.5 Å². The molecule has 4 aromatic carbocycles. The van der Waals surface area contributed by atoms with Gasteiger partial charge in [-0.25, -0.2) is 0 Å². The maximum absolute atomic E-state index is 13.6. The third kappa shape index (κ3) is 4.31. The second-order valence-electron chi connectivity index (χ2n) is 7.61. The first-order valence-electron chi connectivity index (χ1n) is 10.6. The summed E-state index contributed by atoms with van der Waals surface area (Å²) in [5, 5.41) is 6.85. The van der Waals surface area contributed by atoms with Crippen molar-refractivity contribution in [2.24, 2.45) is 0 Å². The maximum atomic E-state index is 13.6. The highest BCUT2D eigenvalue weighted by Gasteiger charge is 2.53. The van der Waals surface area contributed by atoms with Crippen LogP contribution in [0.5, 0.6) is 0 Å². The Morgan fingerprint density at radius 3 is 1.39 bits per heavy atom. The number of nitrogens with one attached hydrogen (secondary N) is 1. The van der Waals surface area contributed by atoms with Crippen LogP contribution < -0.4 is 21.2 Å². The Morgan fingerprint density at radius 1 is 0.645 bits per heavy atom. The quantitative estimate of drug-likeness (QED) is 0.429. The SMILES string of the molecule is CC(C(=O)NCc1ccccc1)[P+](c1ccccc1)(c1ccccc1)c1ccccc1. The van der Waals surface area contributed by atoms with E-state index in [4.69, 9.17) is 0 Å². The molecule has 0 aromatic heterocycles. The molecule has 0 aliphatic heterocycles. The van der Waals surface area contributed by atoms with Gasteiger partial charge in [-0.1, -0.05) is 84.9 Å². The van der Waals surface area contributed by atoms with Gasteiger partial charge in [0.1, 0.15) is 23.2 Å². The Bertz CT molecular complexity index is 1000. The molecule has 0 saturated heterocycles. The summed E-state index contributed by atoms with van der Waals surface area (Å²) < 4.78 is 0. The van der Waals surface area contributed by atoms with Crippen LogP contribution in [0.25, 0.3) is 0 Å². The topological polar surface area (TPSA) is 29.1 Å². The van der Waals surface area contributed by atoms with Crippen LogP contribution >= 0.6 is 7.26 Å². The van der Waals surface area contributed by atoms with E-state index in [9.17, 15) is 4.79 Å². The van der Waals surface area contributed by atoms with E-state index in [1.54, 1.807) is 0 Å². The molecular formula is C28H27NOP+. The molecule has 0 heterocycles. The van der Waals surface area contributed by atoms with Crippen molar-refractivity contribution in [1.82, 2.24) is 5.32 Å². The van der Waals surface area contributed by atoms with Crippen molar-refractivity contribution in [1.29, 1.82) is 0 Å². The summed E-state index contributed by atoms with van der Waals surface area (Å²) in [6.07, 6.45) is 0. The van der Waals surface area contributed by atoms with Crippen LogP contribution in [-0.4, -0.2) is 11.6 Å². The number of amides is 1. The zero-order valence-electron chi connectivity index (χ0n) is 17.7. The molecule has 0 saturated carbocycles. The van der Waals surface area contributed by atoms with Crippen molar-refractivity contribution < 1.29 is 4.79 Å². The molecule has 1 atom stereocenters. The van der Waals surface area contributed by atoms with Crippen molar-refractivity contribution in [2.75, 3.05) is 0 Å². The molecule has 0 aliphatic carbocycles. The van der Waals surface area contributed by atoms with Crippen molar-refractivity contribution in [3.63, 3.8) is 0 Å². The third-order valence-electron chi connectivity index (χ3n) is 5.76. The highest BCUT2D eigenvalue weighted by molar-refractivity contribution is 7.96. The summed E-state index contributed by atoms with van der Waals surface area (Å²) in [6.45, 7) is 2.61. The number of benzene rings is 4. The molecule has 1 N–H and O–H groups in total. The van der Waals surface area contributed by atoms with Crippen LogP contribution in [0.4, 0.5) is 0 Å². The van der Waals surface area contributed by atoms with E-state index >= 15 is 0 Å². The lowest BCUT2D eigenvalue weighted by molar-refractivity contribution is -0.120. The second-order valence-corrected chi connectivity index (χ2v) is 11.4. The average Bonchev–Trinajstić information content (AvgIpc) is 2.85. The summed E-state index contributed by atoms with van der Waals surface area (Å²) in [6, 6.07) is 41.7. The molecule has 0 aliphatic rings. The maximum Gasteiger partial charge on any atom is 0.261 e. The Labute approximate surface area is 185 Å². The number of hydrogen-bond donors (Lipinski definition) is 1. The Balaban J connectivity index is 1.82. The molecule has 2 nitrogen and oxygen atoms in total. The predicted octanol–water partition coefficient (Wildman–Crippen LogP) is 4.69. The first-order valence-corrected chi connectivity index (χ1v) is 12.5. The first-order chi connectivity index (χ1) is 15.2. The molecule has 0 spiro atoms. The minimum Gasteiger partial charge on any atom is -0.349 e. The fraction of sp³-hybridized carbons (Fsp3) is 0.107. The summed E-state index contributed by atoms with van der Waals surface area (Å²) in [5.41, 5.74) is 0.884. The third-order valence-corrected chi connectivity index (χ3v) is 10.5. The molecule has 0 radical (unpaired) electrons. The van der Waals surface area contributed by atoms with Crippen LogP contribution in [0.15, 0.2) is 121 Å². The average molecular weight is 425 g/mol. The van der Waals surface area contributed by atoms with Crippen molar-refractivity contribution in [3.05, 3.63) is 127 Å². The molecule has 1 unspecified atom stereocenters. The van der Waals surface area contributed by atoms with Gasteiger partial charge in [0.05, 0.1) is 0 Å². The highest BCUT2D eigenvalue weighted by Crippen LogP contribution is 2.59. The lowest BCUT2D eigenvalue weighted by Gasteiger charge is -2.32. The summed E-state index contributed by atoms with van der Waals surface area (Å²) >= 11 is 0. The summed E-state index contributed by atoms with van der Waals surface area (Å²) in [7, 11) is -2.23. The van der Waals surface area contributed by atoms with Gasteiger partial charge in [0, 0.05) is 6.54 Å². The van der Waals surface area contributed by atoms with Crippen molar-refractivity contribution in [2.45, 2.75) is 19.1 Å². The Kier molecular flexibility index (Phi) is 6.60. The van der Waals surface area contributed by atoms with Crippen molar-refractivity contribution in [3.8, 4) is 0 Å². The van der Waals surface area contributed by atoms with Gasteiger partial charge in [0.2, 0.25) is 0 Å². The Hall–Kier alpha value is -3.22. The van der Waals surface area contributed by atoms with Gasteiger partial charge in [0.25, 0.3) is 5.91 Å². The fourth-order valence-electron chi connectivity index (χ4n) is 4.22. The van der Waals surface area contributed by atoms with Gasteiger partial charge in [-0.2, -0.15) is 0 Å². The smallest absolute Gasteiger partial charge is 0.261 e. The van der Waals surface area contributed by atoms with Crippen LogP contribution in [0.1, 0.15) is 12.5 Å². The van der Waals surface area contributed by atoms with E-state index in [-0.39, 0.29) is 11.6 Å². The summed E-state index contributed by atoms with van der Waals surface area (Å²) in [5.74, 6) is 0.0775. The minimum absolute atomic E-state index is 0.0775.